The van der Waals surface area contributed by atoms with E-state index in [9.17, 15) is 0 Å². The highest BCUT2D eigenvalue weighted by molar-refractivity contribution is 5.56. The van der Waals surface area contributed by atoms with Crippen molar-refractivity contribution in [3.05, 3.63) is 71.5 Å². The van der Waals surface area contributed by atoms with Gasteiger partial charge < -0.3 is 5.32 Å². The smallest absolute Gasteiger partial charge is 0.212 e. The second-order valence-electron chi connectivity index (χ2n) is 5.41. The Morgan fingerprint density at radius 2 is 1.57 bits per heavy atom. The lowest BCUT2D eigenvalue weighted by Crippen LogP contribution is -2.01. The van der Waals surface area contributed by atoms with Crippen LogP contribution in [0.4, 0.5) is 11.6 Å². The van der Waals surface area contributed by atoms with Gasteiger partial charge in [-0.05, 0) is 56.2 Å². The molecule has 0 bridgehead atoms. The van der Waals surface area contributed by atoms with E-state index in [2.05, 4.69) is 53.1 Å². The molecule has 0 fully saturated rings. The Labute approximate surface area is 125 Å². The molecule has 1 N–H and O–H groups in total. The molecule has 0 unspecified atom stereocenters. The van der Waals surface area contributed by atoms with Gasteiger partial charge >= 0.3 is 0 Å². The van der Waals surface area contributed by atoms with E-state index in [-0.39, 0.29) is 0 Å². The monoisotopic (exact) mass is 277 g/mol. The Morgan fingerprint density at radius 1 is 0.905 bits per heavy atom. The number of nitrogens with one attached hydrogen (secondary N) is 1. The zero-order valence-electron chi connectivity index (χ0n) is 12.6. The van der Waals surface area contributed by atoms with Gasteiger partial charge in [0.15, 0.2) is 0 Å². The highest BCUT2D eigenvalue weighted by Crippen LogP contribution is 2.22. The van der Waals surface area contributed by atoms with Gasteiger partial charge in [-0.15, -0.1) is 0 Å². The summed E-state index contributed by atoms with van der Waals surface area (Å²) in [7, 11) is 0. The van der Waals surface area contributed by atoms with Crippen molar-refractivity contribution in [2.75, 3.05) is 5.32 Å². The van der Waals surface area contributed by atoms with Crippen LogP contribution < -0.4 is 5.32 Å². The van der Waals surface area contributed by atoms with E-state index in [0.29, 0.717) is 0 Å². The van der Waals surface area contributed by atoms with E-state index >= 15 is 0 Å². The first-order valence-electron chi connectivity index (χ1n) is 7.08. The Hall–Kier alpha value is -2.55. The summed E-state index contributed by atoms with van der Waals surface area (Å²) in [5.41, 5.74) is 5.66. The molecular formula is C18H19N3. The summed E-state index contributed by atoms with van der Waals surface area (Å²) in [5, 5.41) is 3.38. The highest BCUT2D eigenvalue weighted by atomic mass is 15.2. The number of aromatic nitrogens is 2. The van der Waals surface area contributed by atoms with E-state index in [1.54, 1.807) is 0 Å². The molecule has 0 atom stereocenters. The maximum absolute atomic E-state index is 4.59. The summed E-state index contributed by atoms with van der Waals surface area (Å²) in [4.78, 5) is 4.59. The Balaban J connectivity index is 2.03. The molecule has 2 aromatic carbocycles. The Bertz CT molecular complexity index is 737. The minimum atomic E-state index is 0.837. The quantitative estimate of drug-likeness (QED) is 0.761. The Morgan fingerprint density at radius 3 is 2.24 bits per heavy atom. The van der Waals surface area contributed by atoms with Crippen LogP contribution >= 0.6 is 0 Å². The lowest BCUT2D eigenvalue weighted by molar-refractivity contribution is 1.05. The second kappa shape index (κ2) is 5.44. The molecule has 106 valence electrons. The second-order valence-corrected chi connectivity index (χ2v) is 5.41. The van der Waals surface area contributed by atoms with Crippen LogP contribution in [0.3, 0.4) is 0 Å². The Kier molecular flexibility index (Phi) is 3.48. The molecule has 21 heavy (non-hydrogen) atoms. The van der Waals surface area contributed by atoms with Crippen LogP contribution in [0.1, 0.15) is 16.8 Å². The van der Waals surface area contributed by atoms with Gasteiger partial charge in [0, 0.05) is 17.6 Å². The fourth-order valence-electron chi connectivity index (χ4n) is 2.52. The number of hydrogen-bond donors (Lipinski definition) is 1. The molecule has 0 radical (unpaired) electrons. The van der Waals surface area contributed by atoms with Crippen molar-refractivity contribution >= 4 is 11.6 Å². The molecule has 3 nitrogen and oxygen atoms in total. The van der Waals surface area contributed by atoms with Crippen LogP contribution in [0.15, 0.2) is 54.7 Å². The topological polar surface area (TPSA) is 29.9 Å². The van der Waals surface area contributed by atoms with Gasteiger partial charge in [-0.2, -0.15) is 0 Å². The number of nitrogens with zero attached hydrogens (tertiary/aromatic N) is 2. The van der Waals surface area contributed by atoms with Gasteiger partial charge in [-0.1, -0.05) is 24.3 Å². The van der Waals surface area contributed by atoms with Crippen molar-refractivity contribution in [1.82, 2.24) is 9.55 Å². The van der Waals surface area contributed by atoms with Crippen LogP contribution in [0.2, 0.25) is 0 Å². The van der Waals surface area contributed by atoms with E-state index in [4.69, 9.17) is 0 Å². The molecule has 3 aromatic rings. The lowest BCUT2D eigenvalue weighted by atomic mass is 10.1. The van der Waals surface area contributed by atoms with Crippen LogP contribution in [0.25, 0.3) is 5.69 Å². The summed E-state index contributed by atoms with van der Waals surface area (Å²) >= 11 is 0. The predicted octanol–water partition coefficient (Wildman–Crippen LogP) is 4.54. The molecular weight excluding hydrogens is 258 g/mol. The third-order valence-corrected chi connectivity index (χ3v) is 3.34. The van der Waals surface area contributed by atoms with Crippen LogP contribution in [-0.2, 0) is 0 Å². The maximum atomic E-state index is 4.59. The van der Waals surface area contributed by atoms with Gasteiger partial charge in [-0.3, -0.25) is 4.57 Å². The van der Waals surface area contributed by atoms with Gasteiger partial charge in [-0.25, -0.2) is 4.98 Å². The minimum Gasteiger partial charge on any atom is -0.325 e. The zero-order chi connectivity index (χ0) is 14.8. The van der Waals surface area contributed by atoms with Crippen molar-refractivity contribution < 1.29 is 0 Å². The maximum Gasteiger partial charge on any atom is 0.212 e. The molecule has 0 saturated carbocycles. The minimum absolute atomic E-state index is 0.837. The average molecular weight is 277 g/mol. The average Bonchev–Trinajstić information content (AvgIpc) is 2.80. The number of para-hydroxylation sites is 1. The zero-order valence-corrected chi connectivity index (χ0v) is 12.6. The largest absolute Gasteiger partial charge is 0.325 e. The standard InChI is InChI=1S/C18H19N3/c1-13-9-14(2)11-17(10-13)21-12-15(3)19-18(21)20-16-7-5-4-6-8-16/h4-12H,1-3H3,(H,19,20). The fourth-order valence-corrected chi connectivity index (χ4v) is 2.52. The summed E-state index contributed by atoms with van der Waals surface area (Å²) in [5.74, 6) is 0.837. The third kappa shape index (κ3) is 2.97. The predicted molar refractivity (Wildman–Crippen MR) is 87.5 cm³/mol. The molecule has 3 rings (SSSR count). The summed E-state index contributed by atoms with van der Waals surface area (Å²) in [6, 6.07) is 16.6. The normalized spacial score (nSPS) is 10.6. The number of benzene rings is 2. The first kappa shape index (κ1) is 13.4. The van der Waals surface area contributed by atoms with Crippen LogP contribution in [0.5, 0.6) is 0 Å². The number of imidazole rings is 1. The van der Waals surface area contributed by atoms with Crippen molar-refractivity contribution in [2.45, 2.75) is 20.8 Å². The number of hydrogen-bond acceptors (Lipinski definition) is 2. The lowest BCUT2D eigenvalue weighted by Gasteiger charge is -2.11. The van der Waals surface area contributed by atoms with Gasteiger partial charge in [0.2, 0.25) is 5.95 Å². The molecule has 0 aliphatic heterocycles. The van der Waals surface area contributed by atoms with Crippen molar-refractivity contribution in [2.24, 2.45) is 0 Å². The molecule has 1 aromatic heterocycles. The van der Waals surface area contributed by atoms with Gasteiger partial charge in [0.05, 0.1) is 5.69 Å². The molecule has 0 amide bonds. The summed E-state index contributed by atoms with van der Waals surface area (Å²) in [6.45, 7) is 6.24. The number of anilines is 2. The first-order valence-corrected chi connectivity index (χ1v) is 7.08. The van der Waals surface area contributed by atoms with Crippen molar-refractivity contribution in [3.63, 3.8) is 0 Å². The first-order chi connectivity index (χ1) is 10.1. The molecule has 3 heteroatoms. The molecule has 0 spiro atoms. The van der Waals surface area contributed by atoms with E-state index in [1.165, 1.54) is 11.1 Å². The molecule has 0 aliphatic rings. The van der Waals surface area contributed by atoms with Crippen molar-refractivity contribution in [3.8, 4) is 5.69 Å². The molecule has 1 heterocycles. The van der Waals surface area contributed by atoms with Gasteiger partial charge in [0.1, 0.15) is 0 Å². The van der Waals surface area contributed by atoms with E-state index in [0.717, 1.165) is 23.0 Å². The summed E-state index contributed by atoms with van der Waals surface area (Å²) in [6.07, 6.45) is 2.06. The summed E-state index contributed by atoms with van der Waals surface area (Å²) < 4.78 is 2.10. The van der Waals surface area contributed by atoms with Crippen LogP contribution in [0, 0.1) is 20.8 Å². The fraction of sp³-hybridized carbons (Fsp3) is 0.167. The molecule has 0 aliphatic carbocycles. The van der Waals surface area contributed by atoms with Crippen molar-refractivity contribution in [1.29, 1.82) is 0 Å². The van der Waals surface area contributed by atoms with E-state index < -0.39 is 0 Å². The van der Waals surface area contributed by atoms with Gasteiger partial charge in [0.25, 0.3) is 0 Å². The third-order valence-electron chi connectivity index (χ3n) is 3.34. The van der Waals surface area contributed by atoms with E-state index in [1.807, 2.05) is 37.3 Å². The number of rotatable bonds is 3. The highest BCUT2D eigenvalue weighted by Gasteiger charge is 2.08. The SMILES string of the molecule is Cc1cc(C)cc(-n2cc(C)nc2Nc2ccccc2)c1. The van der Waals surface area contributed by atoms with Crippen LogP contribution in [-0.4, -0.2) is 9.55 Å². The molecule has 0 saturated heterocycles. The number of aryl methyl sites for hydroxylation is 3.